The molecule has 0 spiro atoms. The first kappa shape index (κ1) is 12.4. The zero-order valence-corrected chi connectivity index (χ0v) is 10.5. The average molecular weight is 254 g/mol. The molecule has 1 heterocycles. The van der Waals surface area contributed by atoms with E-state index in [4.69, 9.17) is 0 Å². The number of hydrogen-bond acceptors (Lipinski definition) is 2. The molecule has 17 heavy (non-hydrogen) atoms. The van der Waals surface area contributed by atoms with Crippen molar-refractivity contribution in [3.63, 3.8) is 0 Å². The number of halogens is 1. The summed E-state index contributed by atoms with van der Waals surface area (Å²) in [5.41, 5.74) is 1.77. The number of thioether (sulfide) groups is 1. The summed E-state index contributed by atoms with van der Waals surface area (Å²) in [6.07, 6.45) is 2.00. The molecular weight excluding hydrogens is 239 g/mol. The lowest BCUT2D eigenvalue weighted by Gasteiger charge is -2.23. The number of aryl methyl sites for hydroxylation is 1. The molecule has 2 rings (SSSR count). The monoisotopic (exact) mass is 254 g/mol. The van der Waals surface area contributed by atoms with Gasteiger partial charge in [0.05, 0.1) is 0 Å². The first-order chi connectivity index (χ1) is 8.03. The van der Waals surface area contributed by atoms with Crippen molar-refractivity contribution in [1.82, 2.24) is 0 Å². The summed E-state index contributed by atoms with van der Waals surface area (Å²) in [6.45, 7) is 1.89. The minimum absolute atomic E-state index is 0.297. The predicted octanol–water partition coefficient (Wildman–Crippen LogP) is 3.03. The van der Waals surface area contributed by atoms with Crippen molar-refractivity contribution in [1.29, 1.82) is 0 Å². The lowest BCUT2D eigenvalue weighted by atomic mass is 9.92. The van der Waals surface area contributed by atoms with Gasteiger partial charge in [-0.3, -0.25) is 4.79 Å². The third kappa shape index (κ3) is 2.46. The topological polar surface area (TPSA) is 37.3 Å². The highest BCUT2D eigenvalue weighted by molar-refractivity contribution is 8.01. The maximum atomic E-state index is 13.2. The number of aliphatic carboxylic acids is 1. The predicted molar refractivity (Wildman–Crippen MR) is 66.9 cm³/mol. The third-order valence-corrected chi connectivity index (χ3v) is 4.85. The van der Waals surface area contributed by atoms with Crippen LogP contribution in [0, 0.1) is 12.7 Å². The molecule has 2 nitrogen and oxygen atoms in total. The van der Waals surface area contributed by atoms with E-state index in [0.717, 1.165) is 23.3 Å². The number of carboxylic acids is 1. The number of rotatable bonds is 3. The van der Waals surface area contributed by atoms with Gasteiger partial charge in [-0.05, 0) is 55.2 Å². The van der Waals surface area contributed by atoms with Crippen molar-refractivity contribution >= 4 is 17.7 Å². The molecule has 0 aromatic heterocycles. The fourth-order valence-corrected chi connectivity index (χ4v) is 3.57. The van der Waals surface area contributed by atoms with Gasteiger partial charge in [0.1, 0.15) is 10.6 Å². The van der Waals surface area contributed by atoms with E-state index in [-0.39, 0.29) is 5.82 Å². The number of benzene rings is 1. The van der Waals surface area contributed by atoms with E-state index in [2.05, 4.69) is 0 Å². The van der Waals surface area contributed by atoms with E-state index in [0.29, 0.717) is 12.8 Å². The van der Waals surface area contributed by atoms with Crippen molar-refractivity contribution < 1.29 is 14.3 Å². The second kappa shape index (κ2) is 4.69. The van der Waals surface area contributed by atoms with Crippen LogP contribution in [0.2, 0.25) is 0 Å². The first-order valence-electron chi connectivity index (χ1n) is 5.66. The summed E-state index contributed by atoms with van der Waals surface area (Å²) in [5, 5.41) is 9.37. The van der Waals surface area contributed by atoms with Gasteiger partial charge in [0.2, 0.25) is 0 Å². The number of carbonyl (C=O) groups is 1. The normalized spacial score (nSPS) is 23.9. The van der Waals surface area contributed by atoms with Crippen LogP contribution in [0.25, 0.3) is 0 Å². The van der Waals surface area contributed by atoms with Gasteiger partial charge in [-0.2, -0.15) is 0 Å². The van der Waals surface area contributed by atoms with Crippen molar-refractivity contribution in [2.24, 2.45) is 0 Å². The van der Waals surface area contributed by atoms with Crippen molar-refractivity contribution in [3.05, 3.63) is 35.1 Å². The molecule has 1 aromatic carbocycles. The van der Waals surface area contributed by atoms with Crippen LogP contribution in [-0.2, 0) is 11.2 Å². The van der Waals surface area contributed by atoms with E-state index < -0.39 is 10.7 Å². The molecule has 92 valence electrons. The SMILES string of the molecule is Cc1ccc(F)cc1CC1(C(=O)O)CCCS1. The van der Waals surface area contributed by atoms with Crippen LogP contribution in [0.5, 0.6) is 0 Å². The Morgan fingerprint density at radius 2 is 2.35 bits per heavy atom. The zero-order chi connectivity index (χ0) is 12.5. The van der Waals surface area contributed by atoms with E-state index in [1.165, 1.54) is 23.9 Å². The maximum Gasteiger partial charge on any atom is 0.320 e. The highest BCUT2D eigenvalue weighted by Crippen LogP contribution is 2.41. The Labute approximate surface area is 104 Å². The molecule has 1 aliphatic rings. The molecular formula is C13H15FO2S. The second-order valence-corrected chi connectivity index (χ2v) is 5.98. The van der Waals surface area contributed by atoms with Crippen molar-refractivity contribution in [2.45, 2.75) is 30.9 Å². The molecule has 1 aliphatic heterocycles. The molecule has 0 radical (unpaired) electrons. The average Bonchev–Trinajstić information content (AvgIpc) is 2.73. The Balaban J connectivity index is 2.29. The number of carboxylic acid groups (broad SMARTS) is 1. The maximum absolute atomic E-state index is 13.2. The van der Waals surface area contributed by atoms with Crippen LogP contribution in [0.3, 0.4) is 0 Å². The van der Waals surface area contributed by atoms with Crippen LogP contribution < -0.4 is 0 Å². The van der Waals surface area contributed by atoms with Crippen LogP contribution in [-0.4, -0.2) is 21.6 Å². The molecule has 0 saturated carbocycles. The molecule has 0 amide bonds. The van der Waals surface area contributed by atoms with Gasteiger partial charge >= 0.3 is 5.97 Å². The van der Waals surface area contributed by atoms with E-state index in [1.807, 2.05) is 6.92 Å². The van der Waals surface area contributed by atoms with E-state index >= 15 is 0 Å². The van der Waals surface area contributed by atoms with Crippen LogP contribution >= 0.6 is 11.8 Å². The Bertz CT molecular complexity index is 439. The van der Waals surface area contributed by atoms with Crippen molar-refractivity contribution in [2.75, 3.05) is 5.75 Å². The molecule has 1 fully saturated rings. The van der Waals surface area contributed by atoms with Gasteiger partial charge in [-0.25, -0.2) is 4.39 Å². The Morgan fingerprint density at radius 1 is 1.59 bits per heavy atom. The van der Waals surface area contributed by atoms with Crippen LogP contribution in [0.4, 0.5) is 4.39 Å². The van der Waals surface area contributed by atoms with Gasteiger partial charge < -0.3 is 5.11 Å². The quantitative estimate of drug-likeness (QED) is 0.901. The standard InChI is InChI=1S/C13H15FO2S/c1-9-3-4-11(14)7-10(9)8-13(12(15)16)5-2-6-17-13/h3-4,7H,2,5-6,8H2,1H3,(H,15,16). The lowest BCUT2D eigenvalue weighted by Crippen LogP contribution is -2.35. The minimum atomic E-state index is -0.774. The number of hydrogen-bond donors (Lipinski definition) is 1. The highest BCUT2D eigenvalue weighted by atomic mass is 32.2. The smallest absolute Gasteiger partial charge is 0.320 e. The molecule has 4 heteroatoms. The molecule has 1 atom stereocenters. The zero-order valence-electron chi connectivity index (χ0n) is 9.70. The fourth-order valence-electron chi connectivity index (χ4n) is 2.22. The van der Waals surface area contributed by atoms with Gasteiger partial charge in [-0.1, -0.05) is 6.07 Å². The summed E-state index contributed by atoms with van der Waals surface area (Å²) < 4.78 is 12.4. The minimum Gasteiger partial charge on any atom is -0.480 e. The second-order valence-electron chi connectivity index (χ2n) is 4.50. The third-order valence-electron chi connectivity index (χ3n) is 3.28. The van der Waals surface area contributed by atoms with Crippen molar-refractivity contribution in [3.8, 4) is 0 Å². The van der Waals surface area contributed by atoms with Crippen LogP contribution in [0.15, 0.2) is 18.2 Å². The highest BCUT2D eigenvalue weighted by Gasteiger charge is 2.42. The van der Waals surface area contributed by atoms with Gasteiger partial charge in [0.15, 0.2) is 0 Å². The van der Waals surface area contributed by atoms with E-state index in [9.17, 15) is 14.3 Å². The Morgan fingerprint density at radius 3 is 2.94 bits per heavy atom. The van der Waals surface area contributed by atoms with Crippen LogP contribution in [0.1, 0.15) is 24.0 Å². The summed E-state index contributed by atoms with van der Waals surface area (Å²) in [5.74, 6) is -0.196. The molecule has 1 N–H and O–H groups in total. The van der Waals surface area contributed by atoms with Gasteiger partial charge in [-0.15, -0.1) is 11.8 Å². The summed E-state index contributed by atoms with van der Waals surface area (Å²) in [6, 6.07) is 4.58. The van der Waals surface area contributed by atoms with Gasteiger partial charge in [0, 0.05) is 0 Å². The summed E-state index contributed by atoms with van der Waals surface area (Å²) in [4.78, 5) is 11.4. The van der Waals surface area contributed by atoms with Gasteiger partial charge in [0.25, 0.3) is 0 Å². The largest absolute Gasteiger partial charge is 0.480 e. The lowest BCUT2D eigenvalue weighted by molar-refractivity contribution is -0.139. The Kier molecular flexibility index (Phi) is 3.43. The molecule has 0 aliphatic carbocycles. The Hall–Kier alpha value is -1.03. The first-order valence-corrected chi connectivity index (χ1v) is 6.64. The fraction of sp³-hybridized carbons (Fsp3) is 0.462. The summed E-state index contributed by atoms with van der Waals surface area (Å²) >= 11 is 1.49. The summed E-state index contributed by atoms with van der Waals surface area (Å²) in [7, 11) is 0. The molecule has 1 unspecified atom stereocenters. The van der Waals surface area contributed by atoms with E-state index in [1.54, 1.807) is 6.07 Å². The molecule has 0 bridgehead atoms. The molecule has 1 saturated heterocycles. The molecule has 1 aromatic rings.